The normalized spacial score (nSPS) is 10.0. The molecule has 0 fully saturated rings. The SMILES string of the molecule is Cc1ccc([15NH]c2ccc(C)cc2)cc1. The van der Waals surface area contributed by atoms with Crippen molar-refractivity contribution in [3.63, 3.8) is 0 Å². The van der Waals surface area contributed by atoms with Crippen molar-refractivity contribution in [2.45, 2.75) is 13.8 Å². The molecule has 0 saturated carbocycles. The Hall–Kier alpha value is -1.76. The largest absolute Gasteiger partial charge is 0.356 e. The third kappa shape index (κ3) is 2.59. The van der Waals surface area contributed by atoms with Crippen molar-refractivity contribution in [1.29, 1.82) is 0 Å². The van der Waals surface area contributed by atoms with Crippen LogP contribution in [0.1, 0.15) is 11.1 Å². The summed E-state index contributed by atoms with van der Waals surface area (Å²) in [6.45, 7) is 4.19. The number of benzene rings is 2. The monoisotopic (exact) mass is 198 g/mol. The maximum absolute atomic E-state index is 3.36. The Morgan fingerprint density at radius 3 is 1.27 bits per heavy atom. The number of hydrogen-bond donors (Lipinski definition) is 1. The van der Waals surface area contributed by atoms with Crippen LogP contribution in [0.25, 0.3) is 0 Å². The van der Waals surface area contributed by atoms with Crippen molar-refractivity contribution in [2.75, 3.05) is 5.32 Å². The van der Waals surface area contributed by atoms with Crippen molar-refractivity contribution >= 4 is 11.4 Å². The van der Waals surface area contributed by atoms with Gasteiger partial charge < -0.3 is 5.32 Å². The van der Waals surface area contributed by atoms with E-state index in [4.69, 9.17) is 0 Å². The summed E-state index contributed by atoms with van der Waals surface area (Å²) in [5.41, 5.74) is 4.82. The zero-order chi connectivity index (χ0) is 10.7. The average Bonchev–Trinajstić information content (AvgIpc) is 2.25. The molecule has 0 heterocycles. The van der Waals surface area contributed by atoms with Crippen LogP contribution in [0.15, 0.2) is 48.5 Å². The minimum Gasteiger partial charge on any atom is -0.356 e. The van der Waals surface area contributed by atoms with Crippen molar-refractivity contribution in [3.8, 4) is 0 Å². The average molecular weight is 198 g/mol. The van der Waals surface area contributed by atoms with Crippen molar-refractivity contribution < 1.29 is 0 Å². The molecule has 1 heteroatoms. The molecule has 2 aromatic rings. The molecule has 0 unspecified atom stereocenters. The first-order valence-electron chi connectivity index (χ1n) is 5.14. The fraction of sp³-hybridized carbons (Fsp3) is 0.143. The van der Waals surface area contributed by atoms with Gasteiger partial charge >= 0.3 is 0 Å². The van der Waals surface area contributed by atoms with E-state index < -0.39 is 0 Å². The molecule has 0 aliphatic rings. The molecule has 1 N–H and O–H groups in total. The molecule has 0 aromatic heterocycles. The first-order chi connectivity index (χ1) is 7.24. The first-order valence-corrected chi connectivity index (χ1v) is 5.14. The lowest BCUT2D eigenvalue weighted by atomic mass is 10.2. The highest BCUT2D eigenvalue weighted by molar-refractivity contribution is 5.59. The Labute approximate surface area is 90.8 Å². The van der Waals surface area contributed by atoms with Crippen LogP contribution in [-0.4, -0.2) is 0 Å². The van der Waals surface area contributed by atoms with E-state index in [1.165, 1.54) is 11.1 Å². The van der Waals surface area contributed by atoms with Gasteiger partial charge in [0.15, 0.2) is 0 Å². The van der Waals surface area contributed by atoms with Crippen LogP contribution < -0.4 is 5.32 Å². The summed E-state index contributed by atoms with van der Waals surface area (Å²) in [6, 6.07) is 16.8. The van der Waals surface area contributed by atoms with Gasteiger partial charge in [-0.3, -0.25) is 0 Å². The number of aryl methyl sites for hydroxylation is 2. The third-order valence-electron chi connectivity index (χ3n) is 2.39. The molecular weight excluding hydrogens is 183 g/mol. The van der Waals surface area contributed by atoms with Crippen LogP contribution in [0.2, 0.25) is 0 Å². The van der Waals surface area contributed by atoms with Gasteiger partial charge in [0.2, 0.25) is 0 Å². The number of rotatable bonds is 2. The smallest absolute Gasteiger partial charge is 0.0384 e. The molecule has 0 radical (unpaired) electrons. The van der Waals surface area contributed by atoms with Crippen molar-refractivity contribution in [1.82, 2.24) is 0 Å². The Morgan fingerprint density at radius 1 is 0.600 bits per heavy atom. The number of hydrogen-bond acceptors (Lipinski definition) is 1. The van der Waals surface area contributed by atoms with E-state index in [0.29, 0.717) is 0 Å². The Morgan fingerprint density at radius 2 is 0.933 bits per heavy atom. The van der Waals surface area contributed by atoms with Gasteiger partial charge in [0, 0.05) is 11.4 Å². The van der Waals surface area contributed by atoms with E-state index >= 15 is 0 Å². The lowest BCUT2D eigenvalue weighted by Crippen LogP contribution is -1.89. The lowest BCUT2D eigenvalue weighted by Gasteiger charge is -2.06. The van der Waals surface area contributed by atoms with Gasteiger partial charge in [-0.15, -0.1) is 0 Å². The minimum atomic E-state index is 1.13. The molecule has 2 rings (SSSR count). The van der Waals surface area contributed by atoms with Gasteiger partial charge in [-0.2, -0.15) is 0 Å². The van der Waals surface area contributed by atoms with E-state index in [1.807, 2.05) is 0 Å². The molecular formula is C14H15N. The molecule has 0 amide bonds. The molecule has 2 aromatic carbocycles. The molecule has 0 spiro atoms. The summed E-state index contributed by atoms with van der Waals surface area (Å²) >= 11 is 0. The van der Waals surface area contributed by atoms with Gasteiger partial charge in [0.1, 0.15) is 0 Å². The van der Waals surface area contributed by atoms with E-state index in [-0.39, 0.29) is 0 Å². The second-order valence-electron chi connectivity index (χ2n) is 3.86. The summed E-state index contributed by atoms with van der Waals surface area (Å²) in [5.74, 6) is 0. The second-order valence-corrected chi connectivity index (χ2v) is 3.86. The van der Waals surface area contributed by atoms with Crippen LogP contribution in [-0.2, 0) is 0 Å². The molecule has 0 bridgehead atoms. The minimum absolute atomic E-state index is 1.13. The van der Waals surface area contributed by atoms with Crippen LogP contribution in [0.4, 0.5) is 11.4 Å². The van der Waals surface area contributed by atoms with Gasteiger partial charge in [-0.1, -0.05) is 35.4 Å². The zero-order valence-electron chi connectivity index (χ0n) is 9.12. The standard InChI is InChI=1S/C14H15N/c1-11-3-7-13(8-4-11)15-14-9-5-12(2)6-10-14/h3-10,15H,1-2H3/i15+1. The van der Waals surface area contributed by atoms with Crippen molar-refractivity contribution in [3.05, 3.63) is 59.7 Å². The predicted octanol–water partition coefficient (Wildman–Crippen LogP) is 4.05. The Bertz CT molecular complexity index is 382. The summed E-state index contributed by atoms with van der Waals surface area (Å²) in [6.07, 6.45) is 0. The Balaban J connectivity index is 2.15. The molecule has 0 aliphatic heterocycles. The number of nitrogens with one attached hydrogen (secondary N) is 1. The quantitative estimate of drug-likeness (QED) is 0.718. The highest BCUT2D eigenvalue weighted by Gasteiger charge is 1.93. The van der Waals surface area contributed by atoms with E-state index in [2.05, 4.69) is 67.7 Å². The van der Waals surface area contributed by atoms with Gasteiger partial charge in [0.25, 0.3) is 0 Å². The second kappa shape index (κ2) is 4.18. The summed E-state index contributed by atoms with van der Waals surface area (Å²) < 4.78 is 0. The fourth-order valence-corrected chi connectivity index (χ4v) is 1.44. The zero-order valence-corrected chi connectivity index (χ0v) is 9.12. The summed E-state index contributed by atoms with van der Waals surface area (Å²) in [7, 11) is 0. The fourth-order valence-electron chi connectivity index (χ4n) is 1.44. The Kier molecular flexibility index (Phi) is 2.72. The summed E-state index contributed by atoms with van der Waals surface area (Å²) in [5, 5.41) is 3.36. The lowest BCUT2D eigenvalue weighted by molar-refractivity contribution is 1.43. The molecule has 0 saturated heterocycles. The predicted molar refractivity (Wildman–Crippen MR) is 65.6 cm³/mol. The maximum Gasteiger partial charge on any atom is 0.0384 e. The highest BCUT2D eigenvalue weighted by atomic mass is 15.6. The first kappa shape index (κ1) is 9.78. The van der Waals surface area contributed by atoms with Gasteiger partial charge in [-0.05, 0) is 38.1 Å². The van der Waals surface area contributed by atoms with Gasteiger partial charge in [-0.25, -0.2) is 0 Å². The highest BCUT2D eigenvalue weighted by Crippen LogP contribution is 2.17. The number of anilines is 2. The van der Waals surface area contributed by atoms with E-state index in [1.54, 1.807) is 0 Å². The van der Waals surface area contributed by atoms with E-state index in [0.717, 1.165) is 11.4 Å². The molecule has 1 nitrogen and oxygen atoms in total. The third-order valence-corrected chi connectivity index (χ3v) is 2.39. The summed E-state index contributed by atoms with van der Waals surface area (Å²) in [4.78, 5) is 0. The molecule has 15 heavy (non-hydrogen) atoms. The van der Waals surface area contributed by atoms with Crippen LogP contribution in [0.3, 0.4) is 0 Å². The van der Waals surface area contributed by atoms with Crippen LogP contribution in [0, 0.1) is 13.8 Å². The van der Waals surface area contributed by atoms with Gasteiger partial charge in [0.05, 0.1) is 0 Å². The van der Waals surface area contributed by atoms with Crippen LogP contribution >= 0.6 is 0 Å². The van der Waals surface area contributed by atoms with Crippen LogP contribution in [0.5, 0.6) is 0 Å². The molecule has 76 valence electrons. The van der Waals surface area contributed by atoms with E-state index in [9.17, 15) is 0 Å². The maximum atomic E-state index is 3.36. The molecule has 0 aliphatic carbocycles. The molecule has 0 atom stereocenters. The van der Waals surface area contributed by atoms with Crippen molar-refractivity contribution in [2.24, 2.45) is 0 Å². The topological polar surface area (TPSA) is 12.0 Å².